The highest BCUT2D eigenvalue weighted by atomic mass is 32.1. The fraction of sp³-hybridized carbons (Fsp3) is 0.467. The first-order valence-corrected chi connectivity index (χ1v) is 8.10. The minimum absolute atomic E-state index is 0.0930. The number of rotatable bonds is 6. The lowest BCUT2D eigenvalue weighted by Crippen LogP contribution is -2.45. The first-order valence-electron chi connectivity index (χ1n) is 7.22. The maximum atomic E-state index is 12.6. The fourth-order valence-corrected chi connectivity index (χ4v) is 3.12. The van der Waals surface area contributed by atoms with E-state index in [9.17, 15) is 4.79 Å². The second-order valence-electron chi connectivity index (χ2n) is 5.21. The van der Waals surface area contributed by atoms with Crippen molar-refractivity contribution in [1.29, 1.82) is 0 Å². The SMILES string of the molecule is O=C(c1cc(-c2cccs2)on1)N(CCCO)C1CCC1. The fourth-order valence-electron chi connectivity index (χ4n) is 2.45. The van der Waals surface area contributed by atoms with Crippen molar-refractivity contribution in [3.05, 3.63) is 29.3 Å². The lowest BCUT2D eigenvalue weighted by atomic mass is 9.91. The van der Waals surface area contributed by atoms with E-state index in [-0.39, 0.29) is 18.6 Å². The molecule has 2 aromatic rings. The quantitative estimate of drug-likeness (QED) is 0.891. The van der Waals surface area contributed by atoms with E-state index in [1.165, 1.54) is 0 Å². The Morgan fingerprint density at radius 3 is 3.00 bits per heavy atom. The van der Waals surface area contributed by atoms with Crippen LogP contribution in [0.4, 0.5) is 0 Å². The number of nitrogens with zero attached hydrogens (tertiary/aromatic N) is 2. The summed E-state index contributed by atoms with van der Waals surface area (Å²) in [4.78, 5) is 15.4. The normalized spacial score (nSPS) is 14.9. The van der Waals surface area contributed by atoms with Crippen LogP contribution in [-0.4, -0.2) is 40.3 Å². The van der Waals surface area contributed by atoms with Crippen molar-refractivity contribution >= 4 is 17.2 Å². The van der Waals surface area contributed by atoms with Crippen molar-refractivity contribution in [2.24, 2.45) is 0 Å². The number of carbonyl (C=O) groups excluding carboxylic acids is 1. The molecule has 2 heterocycles. The van der Waals surface area contributed by atoms with Crippen LogP contribution in [0.5, 0.6) is 0 Å². The third-order valence-corrected chi connectivity index (χ3v) is 4.71. The van der Waals surface area contributed by atoms with Crippen molar-refractivity contribution in [1.82, 2.24) is 10.1 Å². The van der Waals surface area contributed by atoms with Gasteiger partial charge in [0.15, 0.2) is 11.5 Å². The van der Waals surface area contributed by atoms with Crippen LogP contribution >= 0.6 is 11.3 Å². The molecule has 3 rings (SSSR count). The molecule has 112 valence electrons. The molecule has 6 heteroatoms. The summed E-state index contributed by atoms with van der Waals surface area (Å²) in [7, 11) is 0. The second-order valence-corrected chi connectivity index (χ2v) is 6.16. The standard InChI is InChI=1S/C15H18N2O3S/c18-8-3-7-17(11-4-1-5-11)15(19)12-10-13(20-16-12)14-6-2-9-21-14/h2,6,9-11,18H,1,3-5,7-8H2. The number of amides is 1. The van der Waals surface area contributed by atoms with Gasteiger partial charge in [0.1, 0.15) is 0 Å². The summed E-state index contributed by atoms with van der Waals surface area (Å²) >= 11 is 1.55. The molecule has 2 aromatic heterocycles. The van der Waals surface area contributed by atoms with Crippen molar-refractivity contribution in [3.63, 3.8) is 0 Å². The molecule has 0 spiro atoms. The Bertz CT molecular complexity index is 590. The summed E-state index contributed by atoms with van der Waals surface area (Å²) in [5.74, 6) is 0.531. The zero-order valence-electron chi connectivity index (χ0n) is 11.7. The molecule has 1 aliphatic rings. The molecular weight excluding hydrogens is 288 g/mol. The second kappa shape index (κ2) is 6.41. The minimum Gasteiger partial charge on any atom is -0.396 e. The number of aliphatic hydroxyl groups excluding tert-OH is 1. The zero-order valence-corrected chi connectivity index (χ0v) is 12.5. The van der Waals surface area contributed by atoms with E-state index in [1.54, 1.807) is 17.4 Å². The van der Waals surface area contributed by atoms with Gasteiger partial charge in [-0.1, -0.05) is 11.2 Å². The smallest absolute Gasteiger partial charge is 0.276 e. The molecule has 0 saturated heterocycles. The molecule has 1 saturated carbocycles. The Balaban J connectivity index is 1.76. The molecule has 0 aliphatic heterocycles. The Hall–Kier alpha value is -1.66. The van der Waals surface area contributed by atoms with Gasteiger partial charge in [0.25, 0.3) is 5.91 Å². The molecule has 21 heavy (non-hydrogen) atoms. The summed E-state index contributed by atoms with van der Waals surface area (Å²) in [6.07, 6.45) is 3.82. The van der Waals surface area contributed by atoms with E-state index in [1.807, 2.05) is 22.4 Å². The van der Waals surface area contributed by atoms with E-state index in [2.05, 4.69) is 5.16 Å². The topological polar surface area (TPSA) is 66.6 Å². The Kier molecular flexibility index (Phi) is 4.36. The van der Waals surface area contributed by atoms with Crippen LogP contribution in [0.1, 0.15) is 36.2 Å². The average Bonchev–Trinajstić information content (AvgIpc) is 3.09. The summed E-state index contributed by atoms with van der Waals surface area (Å²) < 4.78 is 5.28. The number of hydrogen-bond donors (Lipinski definition) is 1. The summed E-state index contributed by atoms with van der Waals surface area (Å²) in [6, 6.07) is 5.87. The summed E-state index contributed by atoms with van der Waals surface area (Å²) in [5.41, 5.74) is 0.350. The van der Waals surface area contributed by atoms with Crippen LogP contribution < -0.4 is 0 Å². The van der Waals surface area contributed by atoms with Crippen molar-refractivity contribution < 1.29 is 14.4 Å². The third kappa shape index (κ3) is 3.01. The molecule has 0 aromatic carbocycles. The van der Waals surface area contributed by atoms with Gasteiger partial charge in [-0.15, -0.1) is 11.3 Å². The van der Waals surface area contributed by atoms with Gasteiger partial charge in [-0.3, -0.25) is 4.79 Å². The Morgan fingerprint density at radius 1 is 1.52 bits per heavy atom. The molecule has 1 N–H and O–H groups in total. The highest BCUT2D eigenvalue weighted by Crippen LogP contribution is 2.28. The predicted octanol–water partition coefficient (Wildman–Crippen LogP) is 2.78. The van der Waals surface area contributed by atoms with E-state index in [4.69, 9.17) is 9.63 Å². The minimum atomic E-state index is -0.0975. The van der Waals surface area contributed by atoms with E-state index < -0.39 is 0 Å². The van der Waals surface area contributed by atoms with Gasteiger partial charge in [-0.2, -0.15) is 0 Å². The molecule has 0 radical (unpaired) electrons. The lowest BCUT2D eigenvalue weighted by Gasteiger charge is -2.37. The van der Waals surface area contributed by atoms with E-state index in [0.29, 0.717) is 24.4 Å². The van der Waals surface area contributed by atoms with Gasteiger partial charge in [0.2, 0.25) is 0 Å². The maximum absolute atomic E-state index is 12.6. The van der Waals surface area contributed by atoms with Crippen molar-refractivity contribution in [2.45, 2.75) is 31.7 Å². The summed E-state index contributed by atoms with van der Waals surface area (Å²) in [5, 5.41) is 14.9. The van der Waals surface area contributed by atoms with Gasteiger partial charge < -0.3 is 14.5 Å². The van der Waals surface area contributed by atoms with Crippen LogP contribution in [0, 0.1) is 0 Å². The van der Waals surface area contributed by atoms with Crippen LogP contribution in [0.3, 0.4) is 0 Å². The highest BCUT2D eigenvalue weighted by molar-refractivity contribution is 7.13. The van der Waals surface area contributed by atoms with Crippen molar-refractivity contribution in [2.75, 3.05) is 13.2 Å². The Labute approximate surface area is 127 Å². The largest absolute Gasteiger partial charge is 0.396 e. The number of aromatic nitrogens is 1. The predicted molar refractivity (Wildman–Crippen MR) is 80.2 cm³/mol. The van der Waals surface area contributed by atoms with Crippen LogP contribution in [0.2, 0.25) is 0 Å². The number of hydrogen-bond acceptors (Lipinski definition) is 5. The van der Waals surface area contributed by atoms with Gasteiger partial charge >= 0.3 is 0 Å². The first kappa shape index (κ1) is 14.3. The third-order valence-electron chi connectivity index (χ3n) is 3.83. The van der Waals surface area contributed by atoms with E-state index in [0.717, 1.165) is 24.1 Å². The highest BCUT2D eigenvalue weighted by Gasteiger charge is 2.30. The molecule has 0 atom stereocenters. The number of carbonyl (C=O) groups is 1. The molecule has 5 nitrogen and oxygen atoms in total. The van der Waals surface area contributed by atoms with Gasteiger partial charge in [0.05, 0.1) is 4.88 Å². The van der Waals surface area contributed by atoms with Gasteiger partial charge in [0, 0.05) is 25.3 Å². The molecule has 0 bridgehead atoms. The lowest BCUT2D eigenvalue weighted by molar-refractivity contribution is 0.0552. The molecule has 1 fully saturated rings. The van der Waals surface area contributed by atoms with Crippen molar-refractivity contribution in [3.8, 4) is 10.6 Å². The number of thiophene rings is 1. The van der Waals surface area contributed by atoms with Crippen LogP contribution in [0.25, 0.3) is 10.6 Å². The summed E-state index contributed by atoms with van der Waals surface area (Å²) in [6.45, 7) is 0.664. The monoisotopic (exact) mass is 306 g/mol. The number of aliphatic hydroxyl groups is 1. The maximum Gasteiger partial charge on any atom is 0.276 e. The van der Waals surface area contributed by atoms with Crippen LogP contribution in [-0.2, 0) is 0 Å². The molecule has 1 aliphatic carbocycles. The molecule has 0 unspecified atom stereocenters. The molecule has 1 amide bonds. The first-order chi connectivity index (χ1) is 10.3. The Morgan fingerprint density at radius 2 is 2.38 bits per heavy atom. The van der Waals surface area contributed by atoms with Crippen LogP contribution in [0.15, 0.2) is 28.1 Å². The van der Waals surface area contributed by atoms with Gasteiger partial charge in [-0.05, 0) is 37.1 Å². The van der Waals surface area contributed by atoms with Gasteiger partial charge in [-0.25, -0.2) is 0 Å². The average molecular weight is 306 g/mol. The van der Waals surface area contributed by atoms with E-state index >= 15 is 0 Å². The zero-order chi connectivity index (χ0) is 14.7. The molecular formula is C15H18N2O3S.